The Bertz CT molecular complexity index is 1100. The van der Waals surface area contributed by atoms with Crippen molar-refractivity contribution < 1.29 is 19.2 Å². The third-order valence-corrected chi connectivity index (χ3v) is 7.95. The van der Waals surface area contributed by atoms with Crippen LogP contribution in [0.5, 0.6) is 0 Å². The Balaban J connectivity index is 1.46. The zero-order chi connectivity index (χ0) is 25.8. The first-order valence-corrected chi connectivity index (χ1v) is 13.8. The van der Waals surface area contributed by atoms with E-state index in [9.17, 15) is 19.2 Å². The minimum atomic E-state index is -0.731. The van der Waals surface area contributed by atoms with Crippen molar-refractivity contribution in [2.45, 2.75) is 71.0 Å². The molecule has 2 saturated heterocycles. The van der Waals surface area contributed by atoms with Crippen LogP contribution in [0.15, 0.2) is 41.8 Å². The Morgan fingerprint density at radius 3 is 2.50 bits per heavy atom. The Morgan fingerprint density at radius 1 is 1.11 bits per heavy atom. The molecule has 8 heteroatoms. The lowest BCUT2D eigenvalue weighted by molar-refractivity contribution is -0.138. The Morgan fingerprint density at radius 2 is 1.86 bits per heavy atom. The lowest BCUT2D eigenvalue weighted by atomic mass is 10.0. The molecule has 192 valence electrons. The standard InChI is InChI=1S/C28H35N3O4S/c1-4-5-8-25(33)31-17-23(32)26-22(31)13-14-30(26)28(35)21(16-18(2)3)29-27(34)20-11-9-19(10-12-20)24-7-6-15-36-24/h6-7,9-12,15,18,21-22,26H,4-5,8,13-14,16-17H2,1-3H3,(H,29,34). The van der Waals surface area contributed by atoms with E-state index in [4.69, 9.17) is 0 Å². The maximum absolute atomic E-state index is 13.7. The molecule has 1 aromatic carbocycles. The molecule has 4 rings (SSSR count). The molecule has 1 aromatic heterocycles. The van der Waals surface area contributed by atoms with E-state index in [0.717, 1.165) is 23.3 Å². The monoisotopic (exact) mass is 509 g/mol. The molecule has 3 unspecified atom stereocenters. The second-order valence-electron chi connectivity index (χ2n) is 10.1. The molecule has 3 heterocycles. The van der Waals surface area contributed by atoms with Crippen molar-refractivity contribution in [2.75, 3.05) is 13.1 Å². The van der Waals surface area contributed by atoms with Gasteiger partial charge in [0.1, 0.15) is 12.1 Å². The van der Waals surface area contributed by atoms with Crippen LogP contribution in [0.3, 0.4) is 0 Å². The van der Waals surface area contributed by atoms with E-state index in [1.54, 1.807) is 33.3 Å². The number of nitrogens with zero attached hydrogens (tertiary/aromatic N) is 2. The topological polar surface area (TPSA) is 86.8 Å². The van der Waals surface area contributed by atoms with E-state index in [-0.39, 0.29) is 42.0 Å². The molecular formula is C28H35N3O4S. The number of nitrogens with one attached hydrogen (secondary N) is 1. The van der Waals surface area contributed by atoms with Crippen molar-refractivity contribution in [1.82, 2.24) is 15.1 Å². The highest BCUT2D eigenvalue weighted by Gasteiger charge is 2.52. The van der Waals surface area contributed by atoms with Gasteiger partial charge in [-0.1, -0.05) is 45.4 Å². The van der Waals surface area contributed by atoms with Gasteiger partial charge in [0.2, 0.25) is 11.8 Å². The molecule has 1 N–H and O–H groups in total. The molecule has 2 aromatic rings. The first-order valence-electron chi connectivity index (χ1n) is 12.9. The van der Waals surface area contributed by atoms with Crippen molar-refractivity contribution in [3.05, 3.63) is 47.3 Å². The normalized spacial score (nSPS) is 20.1. The van der Waals surface area contributed by atoms with Gasteiger partial charge in [-0.05, 0) is 54.3 Å². The second kappa shape index (κ2) is 11.4. The number of unbranched alkanes of at least 4 members (excludes halogenated alkanes) is 1. The highest BCUT2D eigenvalue weighted by molar-refractivity contribution is 7.13. The number of carbonyl (C=O) groups is 4. The summed E-state index contributed by atoms with van der Waals surface area (Å²) in [5.41, 5.74) is 1.53. The SMILES string of the molecule is CCCCC(=O)N1CC(=O)C2C1CCN2C(=O)C(CC(C)C)NC(=O)c1ccc(-c2cccs2)cc1. The summed E-state index contributed by atoms with van der Waals surface area (Å²) in [5, 5.41) is 4.94. The lowest BCUT2D eigenvalue weighted by Gasteiger charge is -2.29. The summed E-state index contributed by atoms with van der Waals surface area (Å²) in [7, 11) is 0. The Hall–Kier alpha value is -3.00. The number of likely N-dealkylation sites (tertiary alicyclic amines) is 2. The number of fused-ring (bicyclic) bond motifs is 1. The van der Waals surface area contributed by atoms with E-state index in [2.05, 4.69) is 5.32 Å². The summed E-state index contributed by atoms with van der Waals surface area (Å²) in [6, 6.07) is 9.78. The number of ketones is 1. The van der Waals surface area contributed by atoms with Gasteiger partial charge in [0, 0.05) is 23.4 Å². The van der Waals surface area contributed by atoms with Gasteiger partial charge in [0.15, 0.2) is 5.78 Å². The summed E-state index contributed by atoms with van der Waals surface area (Å²) in [6.07, 6.45) is 3.20. The van der Waals surface area contributed by atoms with Gasteiger partial charge >= 0.3 is 0 Å². The van der Waals surface area contributed by atoms with E-state index < -0.39 is 12.1 Å². The molecule has 3 amide bonds. The maximum Gasteiger partial charge on any atom is 0.251 e. The van der Waals surface area contributed by atoms with Crippen molar-refractivity contribution in [3.63, 3.8) is 0 Å². The summed E-state index contributed by atoms with van der Waals surface area (Å²) in [6.45, 7) is 6.52. The number of hydrogen-bond donors (Lipinski definition) is 1. The van der Waals surface area contributed by atoms with Crippen LogP contribution in [0, 0.1) is 5.92 Å². The van der Waals surface area contributed by atoms with Gasteiger partial charge < -0.3 is 15.1 Å². The molecule has 2 aliphatic rings. The molecule has 0 bridgehead atoms. The van der Waals surface area contributed by atoms with Crippen LogP contribution in [0.1, 0.15) is 63.2 Å². The smallest absolute Gasteiger partial charge is 0.251 e. The van der Waals surface area contributed by atoms with Crippen LogP contribution < -0.4 is 5.32 Å². The lowest BCUT2D eigenvalue weighted by Crippen LogP contribution is -2.53. The minimum Gasteiger partial charge on any atom is -0.340 e. The Labute approximate surface area is 216 Å². The van der Waals surface area contributed by atoms with Crippen molar-refractivity contribution in [1.29, 1.82) is 0 Å². The molecular weight excluding hydrogens is 474 g/mol. The van der Waals surface area contributed by atoms with Gasteiger partial charge in [0.25, 0.3) is 5.91 Å². The van der Waals surface area contributed by atoms with Gasteiger partial charge in [-0.15, -0.1) is 11.3 Å². The zero-order valence-corrected chi connectivity index (χ0v) is 22.1. The second-order valence-corrected chi connectivity index (χ2v) is 11.1. The first-order chi connectivity index (χ1) is 17.3. The summed E-state index contributed by atoms with van der Waals surface area (Å²) < 4.78 is 0. The fourth-order valence-electron chi connectivity index (χ4n) is 5.22. The van der Waals surface area contributed by atoms with Crippen molar-refractivity contribution in [3.8, 4) is 10.4 Å². The number of carbonyl (C=O) groups excluding carboxylic acids is 4. The summed E-state index contributed by atoms with van der Waals surface area (Å²) >= 11 is 1.64. The first kappa shape index (κ1) is 26.1. The molecule has 36 heavy (non-hydrogen) atoms. The predicted octanol–water partition coefficient (Wildman–Crippen LogP) is 4.13. The van der Waals surface area contributed by atoms with E-state index in [0.29, 0.717) is 31.4 Å². The third kappa shape index (κ3) is 5.53. The van der Waals surface area contributed by atoms with Crippen LogP contribution in [0.25, 0.3) is 10.4 Å². The molecule has 2 aliphatic heterocycles. The van der Waals surface area contributed by atoms with E-state index in [1.807, 2.05) is 50.4 Å². The Kier molecular flexibility index (Phi) is 8.24. The molecule has 2 fully saturated rings. The molecule has 7 nitrogen and oxygen atoms in total. The molecule has 0 aliphatic carbocycles. The predicted molar refractivity (Wildman–Crippen MR) is 141 cm³/mol. The number of thiophene rings is 1. The molecule has 0 saturated carbocycles. The van der Waals surface area contributed by atoms with Crippen LogP contribution in [-0.4, -0.2) is 64.5 Å². The average molecular weight is 510 g/mol. The number of amides is 3. The number of benzene rings is 1. The van der Waals surface area contributed by atoms with Crippen molar-refractivity contribution >= 4 is 34.8 Å². The highest BCUT2D eigenvalue weighted by Crippen LogP contribution is 2.31. The molecule has 0 radical (unpaired) electrons. The summed E-state index contributed by atoms with van der Waals surface area (Å²) in [4.78, 5) is 56.7. The van der Waals surface area contributed by atoms with Gasteiger partial charge in [-0.2, -0.15) is 0 Å². The van der Waals surface area contributed by atoms with E-state index in [1.165, 1.54) is 0 Å². The minimum absolute atomic E-state index is 0.00923. The van der Waals surface area contributed by atoms with Crippen LogP contribution in [0.2, 0.25) is 0 Å². The number of rotatable bonds is 9. The van der Waals surface area contributed by atoms with Crippen LogP contribution in [0.4, 0.5) is 0 Å². The van der Waals surface area contributed by atoms with Gasteiger partial charge in [-0.3, -0.25) is 19.2 Å². The average Bonchev–Trinajstić information content (AvgIpc) is 3.60. The number of hydrogen-bond acceptors (Lipinski definition) is 5. The van der Waals surface area contributed by atoms with Gasteiger partial charge in [-0.25, -0.2) is 0 Å². The van der Waals surface area contributed by atoms with Gasteiger partial charge in [0.05, 0.1) is 12.6 Å². The highest BCUT2D eigenvalue weighted by atomic mass is 32.1. The number of Topliss-reactive ketones (excluding diaryl/α,β-unsaturated/α-hetero) is 1. The fraction of sp³-hybridized carbons (Fsp3) is 0.500. The summed E-state index contributed by atoms with van der Waals surface area (Å²) in [5.74, 6) is -0.475. The quantitative estimate of drug-likeness (QED) is 0.551. The third-order valence-electron chi connectivity index (χ3n) is 7.03. The largest absolute Gasteiger partial charge is 0.340 e. The fourth-order valence-corrected chi connectivity index (χ4v) is 5.96. The maximum atomic E-state index is 13.7. The van der Waals surface area contributed by atoms with Crippen molar-refractivity contribution in [2.24, 2.45) is 5.92 Å². The van der Waals surface area contributed by atoms with Crippen LogP contribution in [-0.2, 0) is 14.4 Å². The zero-order valence-electron chi connectivity index (χ0n) is 21.2. The molecule has 0 spiro atoms. The van der Waals surface area contributed by atoms with Crippen LogP contribution >= 0.6 is 11.3 Å². The van der Waals surface area contributed by atoms with E-state index >= 15 is 0 Å². The molecule has 3 atom stereocenters.